The standard InChI is InChI=1S/C12H16N4/c1-8(10-2-3-10)6-15-12-11(14)4-9(5-13)7-16-12/h4,7-8,10H,2-3,6,14H2,1H3,(H,15,16). The highest BCUT2D eigenvalue weighted by molar-refractivity contribution is 5.63. The summed E-state index contributed by atoms with van der Waals surface area (Å²) < 4.78 is 0. The summed E-state index contributed by atoms with van der Waals surface area (Å²) >= 11 is 0. The van der Waals surface area contributed by atoms with Crippen molar-refractivity contribution in [2.45, 2.75) is 19.8 Å². The molecule has 0 aliphatic heterocycles. The molecule has 1 aromatic heterocycles. The van der Waals surface area contributed by atoms with E-state index in [1.807, 2.05) is 6.07 Å². The maximum atomic E-state index is 8.69. The predicted octanol–water partition coefficient (Wildman–Crippen LogP) is 1.99. The van der Waals surface area contributed by atoms with E-state index < -0.39 is 0 Å². The lowest BCUT2D eigenvalue weighted by Gasteiger charge is -2.13. The van der Waals surface area contributed by atoms with Crippen LogP contribution in [-0.4, -0.2) is 11.5 Å². The van der Waals surface area contributed by atoms with Gasteiger partial charge < -0.3 is 11.1 Å². The van der Waals surface area contributed by atoms with Gasteiger partial charge >= 0.3 is 0 Å². The Morgan fingerprint density at radius 2 is 2.44 bits per heavy atom. The molecule has 4 heteroatoms. The molecule has 0 bridgehead atoms. The monoisotopic (exact) mass is 216 g/mol. The zero-order chi connectivity index (χ0) is 11.5. The Morgan fingerprint density at radius 1 is 1.69 bits per heavy atom. The van der Waals surface area contributed by atoms with Crippen molar-refractivity contribution < 1.29 is 0 Å². The van der Waals surface area contributed by atoms with Crippen molar-refractivity contribution in [3.8, 4) is 6.07 Å². The van der Waals surface area contributed by atoms with E-state index >= 15 is 0 Å². The van der Waals surface area contributed by atoms with Gasteiger partial charge in [-0.15, -0.1) is 0 Å². The van der Waals surface area contributed by atoms with E-state index in [0.717, 1.165) is 12.5 Å². The van der Waals surface area contributed by atoms with E-state index in [1.165, 1.54) is 12.8 Å². The summed E-state index contributed by atoms with van der Waals surface area (Å²) in [5.74, 6) is 2.22. The van der Waals surface area contributed by atoms with E-state index in [-0.39, 0.29) is 0 Å². The molecule has 0 saturated heterocycles. The molecule has 2 rings (SSSR count). The molecule has 1 aliphatic rings. The normalized spacial score (nSPS) is 16.5. The molecule has 1 aliphatic carbocycles. The molecule has 1 aromatic rings. The molecule has 4 nitrogen and oxygen atoms in total. The molecule has 84 valence electrons. The number of nitrogen functional groups attached to an aromatic ring is 1. The van der Waals surface area contributed by atoms with E-state index in [0.29, 0.717) is 23.0 Å². The van der Waals surface area contributed by atoms with Crippen LogP contribution in [0.2, 0.25) is 0 Å². The number of nitrogens with two attached hydrogens (primary N) is 1. The molecule has 0 amide bonds. The van der Waals surface area contributed by atoms with Crippen molar-refractivity contribution in [2.75, 3.05) is 17.6 Å². The number of nitrogens with one attached hydrogen (secondary N) is 1. The average molecular weight is 216 g/mol. The SMILES string of the molecule is CC(CNc1ncc(C#N)cc1N)C1CC1. The van der Waals surface area contributed by atoms with Crippen molar-refractivity contribution in [3.05, 3.63) is 17.8 Å². The van der Waals surface area contributed by atoms with Gasteiger partial charge in [-0.1, -0.05) is 6.92 Å². The van der Waals surface area contributed by atoms with Gasteiger partial charge in [0.1, 0.15) is 11.9 Å². The first-order valence-electron chi connectivity index (χ1n) is 5.60. The first-order chi connectivity index (χ1) is 7.70. The van der Waals surface area contributed by atoms with Crippen LogP contribution in [0.15, 0.2) is 12.3 Å². The van der Waals surface area contributed by atoms with Gasteiger partial charge in [0.25, 0.3) is 0 Å². The maximum absolute atomic E-state index is 8.69. The van der Waals surface area contributed by atoms with Gasteiger partial charge in [-0.05, 0) is 30.7 Å². The number of aromatic nitrogens is 1. The lowest BCUT2D eigenvalue weighted by molar-refractivity contribution is 0.536. The number of rotatable bonds is 4. The summed E-state index contributed by atoms with van der Waals surface area (Å²) in [6.07, 6.45) is 4.23. The fourth-order valence-corrected chi connectivity index (χ4v) is 1.78. The van der Waals surface area contributed by atoms with Crippen LogP contribution in [0.5, 0.6) is 0 Å². The highest BCUT2D eigenvalue weighted by Crippen LogP contribution is 2.36. The second-order valence-electron chi connectivity index (χ2n) is 4.47. The van der Waals surface area contributed by atoms with Gasteiger partial charge in [-0.3, -0.25) is 0 Å². The third-order valence-electron chi connectivity index (χ3n) is 3.06. The number of nitriles is 1. The highest BCUT2D eigenvalue weighted by atomic mass is 15.0. The number of nitrogens with zero attached hydrogens (tertiary/aromatic N) is 2. The van der Waals surface area contributed by atoms with E-state index in [4.69, 9.17) is 11.0 Å². The number of pyridine rings is 1. The van der Waals surface area contributed by atoms with E-state index in [2.05, 4.69) is 17.2 Å². The van der Waals surface area contributed by atoms with Gasteiger partial charge in [0.2, 0.25) is 0 Å². The summed E-state index contributed by atoms with van der Waals surface area (Å²) in [7, 11) is 0. The van der Waals surface area contributed by atoms with Crippen LogP contribution in [0.25, 0.3) is 0 Å². The van der Waals surface area contributed by atoms with Crippen molar-refractivity contribution in [1.29, 1.82) is 5.26 Å². The first kappa shape index (κ1) is 10.7. The Hall–Kier alpha value is -1.76. The van der Waals surface area contributed by atoms with Crippen LogP contribution in [0.4, 0.5) is 11.5 Å². The van der Waals surface area contributed by atoms with Crippen molar-refractivity contribution in [2.24, 2.45) is 11.8 Å². The fraction of sp³-hybridized carbons (Fsp3) is 0.500. The molecule has 3 N–H and O–H groups in total. The Balaban J connectivity index is 1.96. The molecule has 0 aromatic carbocycles. The van der Waals surface area contributed by atoms with Gasteiger partial charge in [-0.25, -0.2) is 4.98 Å². The Morgan fingerprint density at radius 3 is 3.00 bits per heavy atom. The molecular weight excluding hydrogens is 200 g/mol. The smallest absolute Gasteiger partial charge is 0.149 e. The largest absolute Gasteiger partial charge is 0.396 e. The Labute approximate surface area is 95.5 Å². The predicted molar refractivity (Wildman–Crippen MR) is 63.7 cm³/mol. The third kappa shape index (κ3) is 2.43. The number of anilines is 2. The van der Waals surface area contributed by atoms with Crippen LogP contribution in [-0.2, 0) is 0 Å². The van der Waals surface area contributed by atoms with Crippen molar-refractivity contribution in [3.63, 3.8) is 0 Å². The van der Waals surface area contributed by atoms with Crippen molar-refractivity contribution >= 4 is 11.5 Å². The minimum atomic E-state index is 0.498. The Bertz CT molecular complexity index is 418. The van der Waals surface area contributed by atoms with E-state index in [1.54, 1.807) is 12.3 Å². The zero-order valence-corrected chi connectivity index (χ0v) is 9.40. The summed E-state index contributed by atoms with van der Waals surface area (Å²) in [6.45, 7) is 3.14. The number of hydrogen-bond acceptors (Lipinski definition) is 4. The molecule has 1 saturated carbocycles. The lowest BCUT2D eigenvalue weighted by Crippen LogP contribution is -2.14. The van der Waals surface area contributed by atoms with Gasteiger partial charge in [0, 0.05) is 12.7 Å². The summed E-state index contributed by atoms with van der Waals surface area (Å²) in [5, 5.41) is 11.9. The van der Waals surface area contributed by atoms with Gasteiger partial charge in [-0.2, -0.15) is 5.26 Å². The molecule has 1 unspecified atom stereocenters. The summed E-state index contributed by atoms with van der Waals surface area (Å²) in [5.41, 5.74) is 6.84. The molecular formula is C12H16N4. The summed E-state index contributed by atoms with van der Waals surface area (Å²) in [4.78, 5) is 4.14. The molecule has 1 fully saturated rings. The van der Waals surface area contributed by atoms with Crippen LogP contribution in [0.1, 0.15) is 25.3 Å². The number of hydrogen-bond donors (Lipinski definition) is 2. The molecule has 1 heterocycles. The van der Waals surface area contributed by atoms with Crippen LogP contribution in [0, 0.1) is 23.2 Å². The van der Waals surface area contributed by atoms with Crippen LogP contribution in [0.3, 0.4) is 0 Å². The van der Waals surface area contributed by atoms with Gasteiger partial charge in [0.15, 0.2) is 0 Å². The quantitative estimate of drug-likeness (QED) is 0.807. The van der Waals surface area contributed by atoms with Gasteiger partial charge in [0.05, 0.1) is 11.3 Å². The second-order valence-corrected chi connectivity index (χ2v) is 4.47. The Kier molecular flexibility index (Phi) is 2.95. The first-order valence-corrected chi connectivity index (χ1v) is 5.60. The molecule has 0 radical (unpaired) electrons. The lowest BCUT2D eigenvalue weighted by atomic mass is 10.1. The second kappa shape index (κ2) is 4.40. The van der Waals surface area contributed by atoms with Crippen LogP contribution >= 0.6 is 0 Å². The van der Waals surface area contributed by atoms with E-state index in [9.17, 15) is 0 Å². The maximum Gasteiger partial charge on any atom is 0.149 e. The third-order valence-corrected chi connectivity index (χ3v) is 3.06. The minimum absolute atomic E-state index is 0.498. The topological polar surface area (TPSA) is 74.7 Å². The molecule has 1 atom stereocenters. The van der Waals surface area contributed by atoms with Crippen molar-refractivity contribution in [1.82, 2.24) is 4.98 Å². The minimum Gasteiger partial charge on any atom is -0.396 e. The zero-order valence-electron chi connectivity index (χ0n) is 9.40. The summed E-state index contributed by atoms with van der Waals surface area (Å²) in [6, 6.07) is 3.67. The highest BCUT2D eigenvalue weighted by Gasteiger charge is 2.27. The average Bonchev–Trinajstić information content (AvgIpc) is 3.10. The molecule has 16 heavy (non-hydrogen) atoms. The fourth-order valence-electron chi connectivity index (χ4n) is 1.78. The van der Waals surface area contributed by atoms with Crippen LogP contribution < -0.4 is 11.1 Å². The molecule has 0 spiro atoms.